The van der Waals surface area contributed by atoms with E-state index in [-0.39, 0.29) is 56.8 Å². The second-order valence-corrected chi connectivity index (χ2v) is 2.90. The smallest absolute Gasteiger partial charge is 0.448 e. The first-order chi connectivity index (χ1) is 5.88. The number of hydrogen-bond acceptors (Lipinski definition) is 1. The van der Waals surface area contributed by atoms with Crippen molar-refractivity contribution in [3.63, 3.8) is 0 Å². The van der Waals surface area contributed by atoms with Crippen LogP contribution in [0.1, 0.15) is 5.56 Å². The number of hydrogen-bond donors (Lipinski definition) is 0. The Morgan fingerprint density at radius 2 is 2.00 bits per heavy atom. The average molecular weight is 229 g/mol. The van der Waals surface area contributed by atoms with Crippen LogP contribution in [-0.4, -0.2) is 11.5 Å². The van der Waals surface area contributed by atoms with Crippen LogP contribution in [-0.2, 0) is 6.44 Å². The number of nitrogens with zero attached hydrogens (tertiary/aromatic N) is 1. The number of pyridine rings is 1. The van der Waals surface area contributed by atoms with E-state index in [0.717, 1.165) is 16.8 Å². The van der Waals surface area contributed by atoms with E-state index in [1.165, 1.54) is 13.1 Å². The molecule has 0 spiro atoms. The maximum Gasteiger partial charge on any atom is 1.00 e. The molecule has 0 aliphatic rings. The monoisotopic (exact) mass is 229 g/mol. The molecule has 0 radical (unpaired) electrons. The summed E-state index contributed by atoms with van der Waals surface area (Å²) in [6, 6.07) is 1.14. The third kappa shape index (κ3) is 4.79. The summed E-state index contributed by atoms with van der Waals surface area (Å²) in [5, 5.41) is 0. The van der Waals surface area contributed by atoms with Gasteiger partial charge in [0.25, 0.3) is 0 Å². The predicted octanol–water partition coefficient (Wildman–Crippen LogP) is -1.45. The van der Waals surface area contributed by atoms with Crippen molar-refractivity contribution in [1.29, 1.82) is 0 Å². The fraction of sp³-hybridized carbons (Fsp3) is 0.286. The molecule has 0 aromatic carbocycles. The second-order valence-electron chi connectivity index (χ2n) is 2.90. The largest absolute Gasteiger partial charge is 1.00 e. The first-order valence-corrected chi connectivity index (χ1v) is 3.76. The van der Waals surface area contributed by atoms with E-state index >= 15 is 0 Å². The van der Waals surface area contributed by atoms with Crippen LogP contribution in [0.3, 0.4) is 0 Å². The number of halogens is 3. The molecule has 0 saturated carbocycles. The van der Waals surface area contributed by atoms with Gasteiger partial charge >= 0.3 is 58.4 Å². The summed E-state index contributed by atoms with van der Waals surface area (Å²) in [6.07, 6.45) is 1.35. The molecule has 1 aromatic heterocycles. The number of aromatic nitrogens is 1. The van der Waals surface area contributed by atoms with Crippen LogP contribution in [0.25, 0.3) is 0 Å². The molecule has 2 nitrogen and oxygen atoms in total. The van der Waals surface area contributed by atoms with Gasteiger partial charge in [0.2, 0.25) is 0 Å². The molecule has 0 unspecified atom stereocenters. The van der Waals surface area contributed by atoms with Gasteiger partial charge in [0.05, 0.1) is 0 Å². The average Bonchev–Trinajstić information content (AvgIpc) is 1.94. The third-order valence-electron chi connectivity index (χ3n) is 1.58. The molecule has 0 amide bonds. The molecule has 14 heavy (non-hydrogen) atoms. The van der Waals surface area contributed by atoms with Crippen LogP contribution in [0.5, 0.6) is 0 Å². The molecule has 1 rings (SSSR count). The molecule has 0 atom stereocenters. The van der Waals surface area contributed by atoms with E-state index in [1.54, 1.807) is 0 Å². The minimum Gasteiger partial charge on any atom is -0.448 e. The maximum absolute atomic E-state index is 11.9. The van der Waals surface area contributed by atoms with Crippen LogP contribution in [0.4, 0.5) is 12.9 Å². The van der Waals surface area contributed by atoms with Crippen molar-refractivity contribution in [2.24, 2.45) is 0 Å². The van der Waals surface area contributed by atoms with Crippen LogP contribution >= 0.6 is 0 Å². The topological polar surface area (TPSA) is 22.0 Å². The van der Waals surface area contributed by atoms with Gasteiger partial charge in [-0.05, 0) is 13.4 Å². The van der Waals surface area contributed by atoms with Gasteiger partial charge in [-0.2, -0.15) is 0 Å². The van der Waals surface area contributed by atoms with E-state index in [4.69, 9.17) is 0 Å². The van der Waals surface area contributed by atoms with Gasteiger partial charge in [0.1, 0.15) is 0 Å². The van der Waals surface area contributed by atoms with Crippen molar-refractivity contribution in [2.75, 3.05) is 0 Å². The van der Waals surface area contributed by atoms with Crippen LogP contribution in [0.2, 0.25) is 0 Å². The van der Waals surface area contributed by atoms with E-state index in [1.807, 2.05) is 0 Å². The van der Waals surface area contributed by atoms with Crippen molar-refractivity contribution in [3.05, 3.63) is 34.2 Å². The molecule has 0 saturated heterocycles. The predicted molar refractivity (Wildman–Crippen MR) is 44.5 cm³/mol. The molecule has 0 fully saturated rings. The Kier molecular flexibility index (Phi) is 5.68. The molecule has 0 N–H and O–H groups in total. The molecule has 7 heteroatoms. The minimum absolute atomic E-state index is 0. The first-order valence-electron chi connectivity index (χ1n) is 3.76. The van der Waals surface area contributed by atoms with Gasteiger partial charge in [0, 0.05) is 24.0 Å². The summed E-state index contributed by atoms with van der Waals surface area (Å²) in [4.78, 5) is 10.8. The normalized spacial score (nSPS) is 10.9. The van der Waals surface area contributed by atoms with E-state index in [2.05, 4.69) is 0 Å². The van der Waals surface area contributed by atoms with E-state index in [0.29, 0.717) is 5.56 Å². The maximum atomic E-state index is 11.9. The van der Waals surface area contributed by atoms with Crippen LogP contribution in [0, 0.1) is 6.92 Å². The number of aryl methyl sites for hydroxylation is 1. The Morgan fingerprint density at radius 1 is 1.43 bits per heavy atom. The molecular formula is C7H8BF3KNO. The van der Waals surface area contributed by atoms with Crippen molar-refractivity contribution in [1.82, 2.24) is 4.57 Å². The molecule has 0 bridgehead atoms. The van der Waals surface area contributed by atoms with Crippen LogP contribution < -0.4 is 56.8 Å². The van der Waals surface area contributed by atoms with Crippen molar-refractivity contribution in [2.45, 2.75) is 13.4 Å². The van der Waals surface area contributed by atoms with Gasteiger partial charge in [-0.1, -0.05) is 0 Å². The molecule has 72 valence electrons. The van der Waals surface area contributed by atoms with Gasteiger partial charge < -0.3 is 17.5 Å². The van der Waals surface area contributed by atoms with Crippen molar-refractivity contribution in [3.8, 4) is 0 Å². The summed E-state index contributed by atoms with van der Waals surface area (Å²) in [5.74, 6) is 0. The Hall–Kier alpha value is 0.441. The summed E-state index contributed by atoms with van der Waals surface area (Å²) >= 11 is 0. The fourth-order valence-electron chi connectivity index (χ4n) is 1.00. The Morgan fingerprint density at radius 3 is 2.43 bits per heavy atom. The van der Waals surface area contributed by atoms with Gasteiger partial charge in [-0.3, -0.25) is 4.79 Å². The molecule has 0 aliphatic heterocycles. The SMILES string of the molecule is Cc1cn(C[B-](F)(F)F)ccc1=O.[K+]. The van der Waals surface area contributed by atoms with E-state index < -0.39 is 13.4 Å². The van der Waals surface area contributed by atoms with Gasteiger partial charge in [-0.25, -0.2) is 0 Å². The van der Waals surface area contributed by atoms with Crippen LogP contribution in [0.15, 0.2) is 23.3 Å². The molecule has 1 heterocycles. The summed E-state index contributed by atoms with van der Waals surface area (Å²) in [5.41, 5.74) is 0.0773. The molecular weight excluding hydrogens is 221 g/mol. The zero-order chi connectivity index (χ0) is 10.1. The fourth-order valence-corrected chi connectivity index (χ4v) is 1.00. The van der Waals surface area contributed by atoms with E-state index in [9.17, 15) is 17.7 Å². The Labute approximate surface area is 122 Å². The summed E-state index contributed by atoms with van der Waals surface area (Å²) < 4.78 is 36.8. The first kappa shape index (κ1) is 14.4. The second kappa shape index (κ2) is 5.50. The zero-order valence-electron chi connectivity index (χ0n) is 8.01. The van der Waals surface area contributed by atoms with Gasteiger partial charge in [0.15, 0.2) is 5.43 Å². The Bertz CT molecular complexity index is 363. The van der Waals surface area contributed by atoms with Gasteiger partial charge in [-0.15, -0.1) is 0 Å². The minimum atomic E-state index is -4.85. The third-order valence-corrected chi connectivity index (χ3v) is 1.58. The number of rotatable bonds is 2. The molecule has 0 aliphatic carbocycles. The van der Waals surface area contributed by atoms with Crippen molar-refractivity contribution < 1.29 is 64.3 Å². The van der Waals surface area contributed by atoms with Crippen molar-refractivity contribution >= 4 is 6.98 Å². The quantitative estimate of drug-likeness (QED) is 0.568. The standard InChI is InChI=1S/C7H8BF3NO.K/c1-6-4-12(3-2-7(6)13)5-8(9,10)11;/h2-4H,5H2,1H3;/q-1;+1. The zero-order valence-corrected chi connectivity index (χ0v) is 11.1. The summed E-state index contributed by atoms with van der Waals surface area (Å²) in [7, 11) is 0. The summed E-state index contributed by atoms with van der Waals surface area (Å²) in [6.45, 7) is -3.36. The Balaban J connectivity index is 0.00000169. The molecule has 1 aromatic rings.